The zero-order valence-corrected chi connectivity index (χ0v) is 51.7. The maximum Gasteiger partial charge on any atom is 0.248 e. The second kappa shape index (κ2) is 33.9. The van der Waals surface area contributed by atoms with Gasteiger partial charge in [0.1, 0.15) is 24.7 Å². The molecule has 0 radical (unpaired) electrons. The first kappa shape index (κ1) is 64.3. The Bertz CT molecular complexity index is 3440. The molecule has 0 aliphatic rings. The second-order valence-electron chi connectivity index (χ2n) is 21.4. The quantitative estimate of drug-likeness (QED) is 0.0224. The summed E-state index contributed by atoms with van der Waals surface area (Å²) < 4.78 is 54.1. The van der Waals surface area contributed by atoms with Gasteiger partial charge in [-0.05, 0) is 197 Å². The number of imidazole rings is 2. The summed E-state index contributed by atoms with van der Waals surface area (Å²) in [6, 6.07) is 46.5. The number of carbonyl (C=O) groups excluding carboxylic acids is 2. The molecule has 2 aromatic heterocycles. The van der Waals surface area contributed by atoms with Crippen LogP contribution < -0.4 is 20.1 Å². The van der Waals surface area contributed by atoms with Gasteiger partial charge in [0.15, 0.2) is 21.3 Å². The normalized spacial score (nSPS) is 12.8. The third-order valence-electron chi connectivity index (χ3n) is 14.5. The topological polar surface area (TPSA) is 177 Å². The molecular weight excluding hydrogens is 1120 g/mol. The van der Waals surface area contributed by atoms with E-state index in [-0.39, 0.29) is 11.8 Å². The Labute approximate surface area is 513 Å². The van der Waals surface area contributed by atoms with Gasteiger partial charge in [0.2, 0.25) is 11.8 Å². The van der Waals surface area contributed by atoms with E-state index in [0.29, 0.717) is 71.6 Å². The van der Waals surface area contributed by atoms with E-state index in [2.05, 4.69) is 64.1 Å². The van der Waals surface area contributed by atoms with Gasteiger partial charge in [0.25, 0.3) is 0 Å². The van der Waals surface area contributed by atoms with Gasteiger partial charge in [-0.1, -0.05) is 94.3 Å². The minimum absolute atomic E-state index is 0.245. The Morgan fingerprint density at radius 3 is 1.49 bits per heavy atom. The molecule has 86 heavy (non-hydrogen) atoms. The van der Waals surface area contributed by atoms with Crippen molar-refractivity contribution in [3.05, 3.63) is 205 Å². The van der Waals surface area contributed by atoms with Crippen LogP contribution in [0.1, 0.15) is 95.7 Å². The van der Waals surface area contributed by atoms with Gasteiger partial charge in [-0.2, -0.15) is 0 Å². The van der Waals surface area contributed by atoms with Crippen LogP contribution in [0.15, 0.2) is 193 Å². The maximum atomic E-state index is 13.5. The van der Waals surface area contributed by atoms with E-state index in [0.717, 1.165) is 126 Å². The number of ether oxygens (including phenoxy) is 4. The van der Waals surface area contributed by atoms with E-state index in [1.165, 1.54) is 0 Å². The molecule has 16 heteroatoms. The number of aromatic nitrogens is 4. The number of allylic oxidation sites excluding steroid dienone is 2. The van der Waals surface area contributed by atoms with Crippen molar-refractivity contribution in [3.63, 3.8) is 0 Å². The smallest absolute Gasteiger partial charge is 0.248 e. The SMILES string of the molecule is CCCCOCCOc1ccc(-c2cccc(/C(C)=C/C(=O)Nc3ccc([S+]([O-])Cc4cncn4CC(C)CCCCOCCOc4ccc(-c5cccc(/C(C)=C/C(=O)Nc6ccc([S@+]([O-])Cc7cncn7CCC)cc6)c5)cc4)cc3)c2)cc1. The average Bonchev–Trinajstić information content (AvgIpc) is 3.98. The maximum absolute atomic E-state index is 13.5. The monoisotopic (exact) mass is 1200 g/mol. The number of nitrogens with zero attached hydrogens (tertiary/aromatic N) is 4. The Morgan fingerprint density at radius 2 is 1.01 bits per heavy atom. The van der Waals surface area contributed by atoms with E-state index >= 15 is 0 Å². The molecule has 0 aliphatic carbocycles. The van der Waals surface area contributed by atoms with Gasteiger partial charge in [-0.25, -0.2) is 9.97 Å². The van der Waals surface area contributed by atoms with Crippen LogP contribution in [-0.4, -0.2) is 79.7 Å². The first-order chi connectivity index (χ1) is 41.9. The summed E-state index contributed by atoms with van der Waals surface area (Å²) in [5, 5.41) is 5.88. The molecule has 2 heterocycles. The fourth-order valence-corrected chi connectivity index (χ4v) is 11.9. The van der Waals surface area contributed by atoms with Crippen LogP contribution in [0, 0.1) is 5.92 Å². The van der Waals surface area contributed by atoms with E-state index in [1.54, 1.807) is 79.4 Å². The number of hydrogen-bond donors (Lipinski definition) is 2. The lowest BCUT2D eigenvalue weighted by atomic mass is 9.99. The number of amides is 2. The molecule has 14 nitrogen and oxygen atoms in total. The predicted molar refractivity (Wildman–Crippen MR) is 347 cm³/mol. The predicted octanol–water partition coefficient (Wildman–Crippen LogP) is 14.6. The van der Waals surface area contributed by atoms with Crippen LogP contribution in [0.4, 0.5) is 11.4 Å². The van der Waals surface area contributed by atoms with E-state index in [1.807, 2.05) is 104 Å². The van der Waals surface area contributed by atoms with Crippen LogP contribution in [0.3, 0.4) is 0 Å². The highest BCUT2D eigenvalue weighted by Gasteiger charge is 2.19. The Balaban J connectivity index is 0.689. The van der Waals surface area contributed by atoms with Crippen molar-refractivity contribution in [2.24, 2.45) is 5.92 Å². The van der Waals surface area contributed by atoms with Crippen molar-refractivity contribution < 1.29 is 37.6 Å². The fourth-order valence-electron chi connectivity index (χ4n) is 9.66. The molecule has 450 valence electrons. The molecule has 2 unspecified atom stereocenters. The zero-order valence-electron chi connectivity index (χ0n) is 50.1. The Morgan fingerprint density at radius 1 is 0.547 bits per heavy atom. The summed E-state index contributed by atoms with van der Waals surface area (Å²) in [6.07, 6.45) is 16.5. The van der Waals surface area contributed by atoms with Gasteiger partial charge in [0, 0.05) is 49.8 Å². The minimum Gasteiger partial charge on any atom is -0.611 e. The lowest BCUT2D eigenvalue weighted by Crippen LogP contribution is -2.14. The van der Waals surface area contributed by atoms with Crippen molar-refractivity contribution in [1.82, 2.24) is 19.1 Å². The Hall–Kier alpha value is -7.70. The highest BCUT2D eigenvalue weighted by Crippen LogP contribution is 2.29. The van der Waals surface area contributed by atoms with E-state index < -0.39 is 22.4 Å². The fraction of sp³-hybridized carbons (Fsp3) is 0.314. The molecule has 0 bridgehead atoms. The number of hydrogen-bond acceptors (Lipinski definition) is 10. The summed E-state index contributed by atoms with van der Waals surface area (Å²) in [7, 11) is 0. The first-order valence-electron chi connectivity index (χ1n) is 29.7. The van der Waals surface area contributed by atoms with Gasteiger partial charge < -0.3 is 47.8 Å². The summed E-state index contributed by atoms with van der Waals surface area (Å²) in [4.78, 5) is 36.1. The van der Waals surface area contributed by atoms with Crippen LogP contribution in [0.25, 0.3) is 33.4 Å². The summed E-state index contributed by atoms with van der Waals surface area (Å²) in [6.45, 7) is 15.3. The lowest BCUT2D eigenvalue weighted by Gasteiger charge is -2.16. The molecule has 0 saturated heterocycles. The number of aryl methyl sites for hydroxylation is 1. The average molecular weight is 1200 g/mol. The third-order valence-corrected chi connectivity index (χ3v) is 17.2. The molecule has 2 N–H and O–H groups in total. The van der Waals surface area contributed by atoms with Crippen molar-refractivity contribution in [1.29, 1.82) is 0 Å². The van der Waals surface area contributed by atoms with E-state index in [9.17, 15) is 18.7 Å². The molecule has 0 saturated carbocycles. The Kier molecular flexibility index (Phi) is 25.3. The summed E-state index contributed by atoms with van der Waals surface area (Å²) >= 11 is -2.54. The largest absolute Gasteiger partial charge is 0.611 e. The van der Waals surface area contributed by atoms with Crippen LogP contribution >= 0.6 is 0 Å². The molecule has 0 spiro atoms. The highest BCUT2D eigenvalue weighted by atomic mass is 32.2. The van der Waals surface area contributed by atoms with Gasteiger partial charge in [-0.15, -0.1) is 0 Å². The molecule has 3 atom stereocenters. The van der Waals surface area contributed by atoms with Crippen molar-refractivity contribution in [2.75, 3.05) is 50.3 Å². The standard InChI is InChI=1S/C70H80N6O8S2/c1-6-8-35-81-37-39-83-65-26-18-55(19-27-65)59-16-11-14-57(43-59)54(5)42-70(78)74-62-24-32-68(33-25-62)86(80)49-64-46-72-51-76(64)47-52(3)13-9-10-36-82-38-40-84-66-28-20-56(21-29-66)60-17-12-15-58(44-60)53(4)41-69(77)73-61-22-30-67(31-23-61)85(79)48-63-45-71-50-75(63)34-7-2/h11-12,14-33,41-46,50-52H,6-10,13,34-40,47-49H2,1-5H3,(H,73,77)(H,74,78)/b53-41+,54-42+/t52?,85-,86?/m1/s1. The highest BCUT2D eigenvalue weighted by molar-refractivity contribution is 7.91. The zero-order chi connectivity index (χ0) is 60.5. The number of benzene rings is 6. The minimum atomic E-state index is -1.30. The molecule has 0 fully saturated rings. The molecule has 6 aromatic carbocycles. The number of nitrogens with one attached hydrogen (secondary N) is 2. The first-order valence-corrected chi connectivity index (χ1v) is 32.3. The number of unbranched alkanes of at least 4 members (excludes halogenated alkanes) is 2. The molecule has 8 aromatic rings. The summed E-state index contributed by atoms with van der Waals surface area (Å²) in [5.74, 6) is 2.18. The third kappa shape index (κ3) is 20.2. The second-order valence-corrected chi connectivity index (χ2v) is 24.3. The van der Waals surface area contributed by atoms with Gasteiger partial charge >= 0.3 is 0 Å². The molecule has 8 rings (SSSR count). The lowest BCUT2D eigenvalue weighted by molar-refractivity contribution is -0.112. The number of rotatable bonds is 34. The van der Waals surface area contributed by atoms with Crippen molar-refractivity contribution in [2.45, 2.75) is 108 Å². The van der Waals surface area contributed by atoms with Crippen LogP contribution in [-0.2, 0) is 66.0 Å². The number of anilines is 2. The van der Waals surface area contributed by atoms with Gasteiger partial charge in [-0.3, -0.25) is 9.59 Å². The van der Waals surface area contributed by atoms with Gasteiger partial charge in [0.05, 0.1) is 49.6 Å². The number of carbonyl (C=O) groups is 2. The summed E-state index contributed by atoms with van der Waals surface area (Å²) in [5.41, 5.74) is 10.8. The molecular formula is C70H80N6O8S2. The van der Waals surface area contributed by atoms with Crippen molar-refractivity contribution in [3.8, 4) is 33.8 Å². The van der Waals surface area contributed by atoms with Crippen LogP contribution in [0.2, 0.25) is 0 Å². The van der Waals surface area contributed by atoms with Crippen molar-refractivity contribution >= 4 is 56.7 Å². The molecule has 0 aliphatic heterocycles. The van der Waals surface area contributed by atoms with E-state index in [4.69, 9.17) is 18.9 Å². The molecule has 2 amide bonds. The van der Waals surface area contributed by atoms with Crippen LogP contribution in [0.5, 0.6) is 11.5 Å².